The Hall–Kier alpha value is -4.07. The summed E-state index contributed by atoms with van der Waals surface area (Å²) in [4.78, 5) is 34.1. The van der Waals surface area contributed by atoms with Crippen molar-refractivity contribution >= 4 is 23.2 Å². The number of nitrogens with zero attached hydrogens (tertiary/aromatic N) is 5. The molecular formula is C30H37N7O5S. The van der Waals surface area contributed by atoms with Crippen LogP contribution in [0, 0.1) is 13.8 Å². The Bertz CT molecular complexity index is 1530. The Morgan fingerprint density at radius 1 is 1.19 bits per heavy atom. The Morgan fingerprint density at radius 2 is 2.05 bits per heavy atom. The number of hydrogen-bond acceptors (Lipinski definition) is 10. The van der Waals surface area contributed by atoms with E-state index in [9.17, 15) is 14.7 Å². The maximum Gasteiger partial charge on any atom is 0.252 e. The van der Waals surface area contributed by atoms with Gasteiger partial charge in [0.05, 0.1) is 29.0 Å². The van der Waals surface area contributed by atoms with Crippen LogP contribution in [0.4, 0.5) is 0 Å². The van der Waals surface area contributed by atoms with Crippen molar-refractivity contribution in [2.45, 2.75) is 58.8 Å². The van der Waals surface area contributed by atoms with Crippen molar-refractivity contribution in [2.24, 2.45) is 0 Å². The lowest BCUT2D eigenvalue weighted by molar-refractivity contribution is -0.125. The van der Waals surface area contributed by atoms with Crippen molar-refractivity contribution in [2.75, 3.05) is 26.2 Å². The molecule has 1 aromatic carbocycles. The van der Waals surface area contributed by atoms with E-state index in [0.29, 0.717) is 69.4 Å². The number of aryl methyl sites for hydroxylation is 3. The van der Waals surface area contributed by atoms with Crippen molar-refractivity contribution < 1.29 is 23.8 Å². The van der Waals surface area contributed by atoms with Crippen molar-refractivity contribution in [3.05, 3.63) is 70.2 Å². The Kier molecular flexibility index (Phi) is 9.85. The van der Waals surface area contributed by atoms with Gasteiger partial charge in [0.25, 0.3) is 5.91 Å². The second kappa shape index (κ2) is 13.9. The molecule has 1 aliphatic heterocycles. The normalized spacial score (nSPS) is 18.4. The first kappa shape index (κ1) is 30.4. The number of aromatic nitrogens is 4. The Labute approximate surface area is 254 Å². The highest BCUT2D eigenvalue weighted by atomic mass is 32.1. The minimum atomic E-state index is -1.13. The fraction of sp³-hybridized carbons (Fsp3) is 0.433. The number of amides is 2. The minimum Gasteiger partial charge on any atom is -0.493 e. The van der Waals surface area contributed by atoms with Crippen molar-refractivity contribution in [3.63, 3.8) is 0 Å². The molecule has 13 heteroatoms. The molecule has 2 amide bonds. The summed E-state index contributed by atoms with van der Waals surface area (Å²) < 4.78 is 13.7. The molecular weight excluding hydrogens is 570 g/mol. The third kappa shape index (κ3) is 7.86. The van der Waals surface area contributed by atoms with E-state index < -0.39 is 24.0 Å². The minimum absolute atomic E-state index is 0.293. The number of nitrogens with one attached hydrogen (secondary N) is 2. The predicted molar refractivity (Wildman–Crippen MR) is 161 cm³/mol. The lowest BCUT2D eigenvalue weighted by Crippen LogP contribution is -2.53. The average molecular weight is 608 g/mol. The molecule has 0 saturated heterocycles. The summed E-state index contributed by atoms with van der Waals surface area (Å²) in [6.45, 7) is 8.29. The van der Waals surface area contributed by atoms with Crippen LogP contribution in [0.5, 0.6) is 5.75 Å². The van der Waals surface area contributed by atoms with Crippen LogP contribution in [0.2, 0.25) is 0 Å². The van der Waals surface area contributed by atoms with Crippen LogP contribution in [0.25, 0.3) is 10.8 Å². The molecule has 0 saturated carbocycles. The molecule has 2 atom stereocenters. The Balaban J connectivity index is 1.34. The Morgan fingerprint density at radius 3 is 2.84 bits per heavy atom. The van der Waals surface area contributed by atoms with E-state index in [1.807, 2.05) is 42.2 Å². The summed E-state index contributed by atoms with van der Waals surface area (Å²) in [6, 6.07) is 7.93. The molecule has 3 N–H and O–H groups in total. The van der Waals surface area contributed by atoms with Gasteiger partial charge in [-0.15, -0.1) is 16.4 Å². The molecule has 0 aliphatic carbocycles. The van der Waals surface area contributed by atoms with Crippen molar-refractivity contribution in [1.82, 2.24) is 35.5 Å². The van der Waals surface area contributed by atoms with Gasteiger partial charge in [-0.1, -0.05) is 17.3 Å². The summed E-state index contributed by atoms with van der Waals surface area (Å²) in [5.74, 6) is 0.974. The molecule has 0 unspecified atom stereocenters. The molecule has 43 heavy (non-hydrogen) atoms. The quantitative estimate of drug-likeness (QED) is 0.319. The van der Waals surface area contributed by atoms with Gasteiger partial charge < -0.3 is 24.9 Å². The van der Waals surface area contributed by atoms with Crippen LogP contribution >= 0.6 is 11.3 Å². The first-order valence-electron chi connectivity index (χ1n) is 14.4. The largest absolute Gasteiger partial charge is 0.493 e. The monoisotopic (exact) mass is 607 g/mol. The summed E-state index contributed by atoms with van der Waals surface area (Å²) in [7, 11) is 0. The molecule has 1 aliphatic rings. The third-order valence-electron chi connectivity index (χ3n) is 7.29. The maximum atomic E-state index is 13.1. The number of aliphatic hydroxyl groups excluding tert-OH is 1. The first-order valence-corrected chi connectivity index (χ1v) is 15.3. The number of carbonyl (C=O) groups is 2. The number of oxazole rings is 1. The van der Waals surface area contributed by atoms with Gasteiger partial charge >= 0.3 is 0 Å². The van der Waals surface area contributed by atoms with Gasteiger partial charge in [0, 0.05) is 57.3 Å². The molecule has 3 aromatic heterocycles. The molecule has 5 rings (SSSR count). The lowest BCUT2D eigenvalue weighted by atomic mass is 10.1. The zero-order valence-electron chi connectivity index (χ0n) is 24.6. The van der Waals surface area contributed by atoms with Crippen LogP contribution in [0.1, 0.15) is 46.4 Å². The van der Waals surface area contributed by atoms with E-state index in [4.69, 9.17) is 14.1 Å². The van der Waals surface area contributed by atoms with Gasteiger partial charge in [0.2, 0.25) is 11.8 Å². The van der Waals surface area contributed by atoms with Gasteiger partial charge in [-0.25, -0.2) is 4.98 Å². The van der Waals surface area contributed by atoms with E-state index in [-0.39, 0.29) is 0 Å². The fourth-order valence-corrected chi connectivity index (χ4v) is 5.43. The van der Waals surface area contributed by atoms with Gasteiger partial charge in [0.15, 0.2) is 0 Å². The summed E-state index contributed by atoms with van der Waals surface area (Å²) in [6.07, 6.45) is 2.19. The molecule has 0 fully saturated rings. The van der Waals surface area contributed by atoms with E-state index in [1.54, 1.807) is 29.5 Å². The SMILES string of the molecule is Cc1ccc2cc1OCCCn1cc(nn1)CCN(Cc1nc(-c3cccs3)oc1C)CCNC(=O)[C@H]([C@@H](C)O)NC2=O. The maximum absolute atomic E-state index is 13.1. The number of fused-ring (bicyclic) bond motifs is 4. The zero-order valence-corrected chi connectivity index (χ0v) is 25.4. The number of ether oxygens (including phenoxy) is 1. The first-order chi connectivity index (χ1) is 20.8. The number of aliphatic hydroxyl groups is 1. The van der Waals surface area contributed by atoms with Gasteiger partial charge in [-0.3, -0.25) is 19.2 Å². The lowest BCUT2D eigenvalue weighted by Gasteiger charge is -2.24. The van der Waals surface area contributed by atoms with Crippen LogP contribution in [0.15, 0.2) is 46.3 Å². The van der Waals surface area contributed by atoms with Crippen molar-refractivity contribution in [3.8, 4) is 16.5 Å². The smallest absolute Gasteiger partial charge is 0.252 e. The molecule has 0 radical (unpaired) electrons. The van der Waals surface area contributed by atoms with Gasteiger partial charge in [0.1, 0.15) is 17.6 Å². The highest BCUT2D eigenvalue weighted by molar-refractivity contribution is 7.13. The van der Waals surface area contributed by atoms with Crippen LogP contribution in [-0.2, 0) is 24.3 Å². The van der Waals surface area contributed by atoms with Gasteiger partial charge in [-0.05, 0) is 49.9 Å². The predicted octanol–water partition coefficient (Wildman–Crippen LogP) is 2.73. The van der Waals surface area contributed by atoms with E-state index in [0.717, 1.165) is 27.6 Å². The van der Waals surface area contributed by atoms with Crippen LogP contribution < -0.4 is 15.4 Å². The fourth-order valence-electron chi connectivity index (χ4n) is 4.78. The summed E-state index contributed by atoms with van der Waals surface area (Å²) in [5.41, 5.74) is 2.91. The van der Waals surface area contributed by atoms with E-state index >= 15 is 0 Å². The number of hydrogen-bond donors (Lipinski definition) is 3. The third-order valence-corrected chi connectivity index (χ3v) is 8.14. The zero-order chi connectivity index (χ0) is 30.3. The summed E-state index contributed by atoms with van der Waals surface area (Å²) in [5, 5.41) is 26.5. The highest BCUT2D eigenvalue weighted by Crippen LogP contribution is 2.26. The summed E-state index contributed by atoms with van der Waals surface area (Å²) >= 11 is 1.57. The molecule has 4 aromatic rings. The van der Waals surface area contributed by atoms with Gasteiger partial charge in [-0.2, -0.15) is 0 Å². The van der Waals surface area contributed by atoms with Crippen molar-refractivity contribution in [1.29, 1.82) is 0 Å². The number of rotatable bonds is 4. The molecule has 12 nitrogen and oxygen atoms in total. The van der Waals surface area contributed by atoms with Crippen LogP contribution in [0.3, 0.4) is 0 Å². The standard InChI is InChI=1S/C30H37N7O5S/c1-19-7-8-22-16-25(19)41-14-5-11-37-17-23(34-35-37)9-12-36(13-10-31-29(40)27(20(2)38)33-28(22)39)18-24-21(3)42-30(32-24)26-6-4-15-43-26/h4,6-8,15-17,20,27,38H,5,9-14,18H2,1-3H3,(H,31,40)(H,33,39)/t20-,27+/m1/s1. The molecule has 228 valence electrons. The van der Waals surface area contributed by atoms with Crippen LogP contribution in [-0.4, -0.2) is 80.2 Å². The molecule has 4 heterocycles. The average Bonchev–Trinajstić information content (AvgIpc) is 3.75. The molecule has 4 bridgehead atoms. The van der Waals surface area contributed by atoms with E-state index in [2.05, 4.69) is 25.8 Å². The topological polar surface area (TPSA) is 148 Å². The second-order valence-corrected chi connectivity index (χ2v) is 11.6. The van der Waals surface area contributed by atoms with E-state index in [1.165, 1.54) is 6.92 Å². The number of carbonyl (C=O) groups excluding carboxylic acids is 2. The highest BCUT2D eigenvalue weighted by Gasteiger charge is 2.26. The number of benzene rings is 1. The second-order valence-electron chi connectivity index (χ2n) is 10.7. The molecule has 0 spiro atoms. The number of thiophene rings is 1.